The van der Waals surface area contributed by atoms with Gasteiger partial charge in [-0.05, 0) is 25.7 Å². The minimum Gasteiger partial charge on any atom is -0.462 e. The van der Waals surface area contributed by atoms with E-state index >= 15 is 0 Å². The average molecular weight is 851 g/mol. The smallest absolute Gasteiger partial charge is 0.462 e. The van der Waals surface area contributed by atoms with Crippen molar-refractivity contribution in [2.24, 2.45) is 0 Å². The highest BCUT2D eigenvalue weighted by atomic mass is 31.2. The van der Waals surface area contributed by atoms with Crippen molar-refractivity contribution in [2.75, 3.05) is 13.2 Å². The number of phosphoric ester groups is 1. The Bertz CT molecular complexity index is 1060. The zero-order valence-electron chi connectivity index (χ0n) is 35.9. The molecule has 342 valence electrons. The Morgan fingerprint density at radius 1 is 0.552 bits per heavy atom. The maximum Gasteiger partial charge on any atom is 0.472 e. The lowest BCUT2D eigenvalue weighted by Gasteiger charge is -2.41. The van der Waals surface area contributed by atoms with E-state index in [4.69, 9.17) is 18.5 Å². The molecule has 0 radical (unpaired) electrons. The molecule has 6 N–H and O–H groups in total. The predicted octanol–water partition coefficient (Wildman–Crippen LogP) is 8.67. The summed E-state index contributed by atoms with van der Waals surface area (Å²) >= 11 is 0. The van der Waals surface area contributed by atoms with Gasteiger partial charge in [0, 0.05) is 12.8 Å². The molecule has 0 aromatic heterocycles. The van der Waals surface area contributed by atoms with Gasteiger partial charge in [0.15, 0.2) is 6.10 Å². The zero-order valence-corrected chi connectivity index (χ0v) is 36.8. The number of aliphatic hydroxyl groups excluding tert-OH is 5. The molecule has 0 aliphatic heterocycles. The van der Waals surface area contributed by atoms with Gasteiger partial charge < -0.3 is 39.9 Å². The standard InChI is InChI=1S/C44H83O13P/c1-3-5-7-9-11-13-15-17-19-21-22-24-26-28-30-32-37(45)54-34-36(35-55-58(52,53)57-44-42(50)40(48)39(47)41(49)43(44)51)56-38(46)33-31-29-27-25-23-20-18-16-14-12-10-8-6-4-2/h3,36,39-44,47-51H,1,4-35H2,2H3,(H,52,53)/t36-,39?,40-,41?,42?,43?,44?/m0/s1. The van der Waals surface area contributed by atoms with E-state index in [0.29, 0.717) is 12.8 Å². The zero-order chi connectivity index (χ0) is 42.9. The number of esters is 2. The van der Waals surface area contributed by atoms with Crippen LogP contribution in [0.15, 0.2) is 12.7 Å². The fourth-order valence-electron chi connectivity index (χ4n) is 7.27. The first-order valence-corrected chi connectivity index (χ1v) is 24.4. The Kier molecular flexibility index (Phi) is 33.2. The SMILES string of the molecule is C=CCCCCCCCCCCCCCCCC(=O)OC[C@@H](COP(=O)(O)OC1C(O)C(O)C(O)[C@H](O)C1O)OC(=O)CCCCCCCCCCCCCCCC. The number of carbonyl (C=O) groups is 2. The van der Waals surface area contributed by atoms with Crippen LogP contribution in [0, 0.1) is 0 Å². The molecule has 1 aliphatic carbocycles. The van der Waals surface area contributed by atoms with Crippen LogP contribution >= 0.6 is 7.82 Å². The summed E-state index contributed by atoms with van der Waals surface area (Å²) in [4.78, 5) is 35.7. The number of allylic oxidation sites excluding steroid dienone is 1. The topological polar surface area (TPSA) is 210 Å². The van der Waals surface area contributed by atoms with Crippen LogP contribution in [-0.2, 0) is 32.7 Å². The lowest BCUT2D eigenvalue weighted by Crippen LogP contribution is -2.64. The molecule has 1 aliphatic rings. The molecule has 6 unspecified atom stereocenters. The van der Waals surface area contributed by atoms with E-state index in [-0.39, 0.29) is 12.8 Å². The molecule has 0 spiro atoms. The maximum atomic E-state index is 12.8. The second-order valence-electron chi connectivity index (χ2n) is 16.4. The third-order valence-electron chi connectivity index (χ3n) is 11.0. The van der Waals surface area contributed by atoms with Crippen LogP contribution in [0.5, 0.6) is 0 Å². The first kappa shape index (κ1) is 54.6. The van der Waals surface area contributed by atoms with Gasteiger partial charge in [-0.3, -0.25) is 18.6 Å². The van der Waals surface area contributed by atoms with Crippen molar-refractivity contribution in [3.05, 3.63) is 12.7 Å². The highest BCUT2D eigenvalue weighted by Gasteiger charge is 2.51. The van der Waals surface area contributed by atoms with E-state index in [1.54, 1.807) is 0 Å². The van der Waals surface area contributed by atoms with Crippen LogP contribution in [0.2, 0.25) is 0 Å². The number of hydrogen-bond acceptors (Lipinski definition) is 12. The van der Waals surface area contributed by atoms with E-state index in [1.807, 2.05) is 6.08 Å². The van der Waals surface area contributed by atoms with Gasteiger partial charge in [0.25, 0.3) is 0 Å². The van der Waals surface area contributed by atoms with Crippen LogP contribution in [0.1, 0.15) is 200 Å². The molecule has 1 rings (SSSR count). The fraction of sp³-hybridized carbons (Fsp3) is 0.909. The largest absolute Gasteiger partial charge is 0.472 e. The number of phosphoric acid groups is 1. The number of rotatable bonds is 39. The summed E-state index contributed by atoms with van der Waals surface area (Å²) in [5.41, 5.74) is 0. The van der Waals surface area contributed by atoms with Crippen molar-refractivity contribution in [1.29, 1.82) is 0 Å². The summed E-state index contributed by atoms with van der Waals surface area (Å²) in [7, 11) is -5.11. The van der Waals surface area contributed by atoms with Gasteiger partial charge in [0.05, 0.1) is 6.61 Å². The van der Waals surface area contributed by atoms with Crippen LogP contribution in [0.4, 0.5) is 0 Å². The summed E-state index contributed by atoms with van der Waals surface area (Å²) in [5, 5.41) is 50.1. The highest BCUT2D eigenvalue weighted by molar-refractivity contribution is 7.47. The molecule has 58 heavy (non-hydrogen) atoms. The fourth-order valence-corrected chi connectivity index (χ4v) is 8.24. The predicted molar refractivity (Wildman–Crippen MR) is 226 cm³/mol. The van der Waals surface area contributed by atoms with Crippen molar-refractivity contribution in [3.63, 3.8) is 0 Å². The van der Waals surface area contributed by atoms with E-state index in [2.05, 4.69) is 13.5 Å². The molecule has 0 aromatic carbocycles. The van der Waals surface area contributed by atoms with Crippen LogP contribution in [-0.4, -0.2) is 98.3 Å². The minimum atomic E-state index is -5.11. The van der Waals surface area contributed by atoms with E-state index < -0.39 is 75.7 Å². The van der Waals surface area contributed by atoms with Gasteiger partial charge in [-0.15, -0.1) is 6.58 Å². The molecule has 0 bridgehead atoms. The number of ether oxygens (including phenoxy) is 2. The monoisotopic (exact) mass is 851 g/mol. The molecule has 8 atom stereocenters. The Hall–Kier alpha value is -1.41. The lowest BCUT2D eigenvalue weighted by atomic mass is 9.85. The van der Waals surface area contributed by atoms with Crippen molar-refractivity contribution < 1.29 is 63.1 Å². The summed E-state index contributed by atoms with van der Waals surface area (Å²) in [6.45, 7) is 4.83. The van der Waals surface area contributed by atoms with Crippen LogP contribution < -0.4 is 0 Å². The van der Waals surface area contributed by atoms with Crippen molar-refractivity contribution in [1.82, 2.24) is 0 Å². The molecule has 1 fully saturated rings. The molecule has 0 saturated heterocycles. The van der Waals surface area contributed by atoms with Gasteiger partial charge in [0.2, 0.25) is 0 Å². The van der Waals surface area contributed by atoms with Crippen LogP contribution in [0.25, 0.3) is 0 Å². The molecule has 1 saturated carbocycles. The first-order valence-electron chi connectivity index (χ1n) is 23.0. The first-order chi connectivity index (χ1) is 27.9. The number of aliphatic hydroxyl groups is 5. The summed E-state index contributed by atoms with van der Waals surface area (Å²) < 4.78 is 33.5. The van der Waals surface area contributed by atoms with Gasteiger partial charge >= 0.3 is 19.8 Å². The molecule has 0 aromatic rings. The molecule has 0 amide bonds. The third-order valence-corrected chi connectivity index (χ3v) is 12.0. The van der Waals surface area contributed by atoms with Crippen molar-refractivity contribution in [3.8, 4) is 0 Å². The lowest BCUT2D eigenvalue weighted by molar-refractivity contribution is -0.220. The number of unbranched alkanes of at least 4 members (excludes halogenated alkanes) is 26. The molecule has 0 heterocycles. The minimum absolute atomic E-state index is 0.102. The van der Waals surface area contributed by atoms with Gasteiger partial charge in [-0.25, -0.2) is 4.57 Å². The Morgan fingerprint density at radius 2 is 0.914 bits per heavy atom. The normalized spacial score (nSPS) is 22.3. The van der Waals surface area contributed by atoms with Gasteiger partial charge in [0.1, 0.15) is 43.2 Å². The van der Waals surface area contributed by atoms with Gasteiger partial charge in [-0.2, -0.15) is 0 Å². The average Bonchev–Trinajstić information content (AvgIpc) is 3.20. The molecular weight excluding hydrogens is 767 g/mol. The van der Waals surface area contributed by atoms with E-state index in [1.165, 1.54) is 122 Å². The Balaban J connectivity index is 2.44. The van der Waals surface area contributed by atoms with Gasteiger partial charge in [-0.1, -0.05) is 167 Å². The number of carbonyl (C=O) groups excluding carboxylic acids is 2. The van der Waals surface area contributed by atoms with Crippen molar-refractivity contribution >= 4 is 19.8 Å². The quantitative estimate of drug-likeness (QED) is 0.0148. The maximum absolute atomic E-state index is 12.8. The van der Waals surface area contributed by atoms with Crippen molar-refractivity contribution in [2.45, 2.75) is 242 Å². The Morgan fingerprint density at radius 3 is 1.33 bits per heavy atom. The molecule has 14 heteroatoms. The molecular formula is C44H83O13P. The summed E-state index contributed by atoms with van der Waals surface area (Å²) in [6, 6.07) is 0. The van der Waals surface area contributed by atoms with Crippen LogP contribution in [0.3, 0.4) is 0 Å². The second-order valence-corrected chi connectivity index (χ2v) is 17.8. The second kappa shape index (κ2) is 35.2. The van der Waals surface area contributed by atoms with E-state index in [9.17, 15) is 44.6 Å². The number of hydrogen-bond donors (Lipinski definition) is 6. The Labute approximate surface area is 350 Å². The third kappa shape index (κ3) is 27.4. The van der Waals surface area contributed by atoms with E-state index in [0.717, 1.165) is 44.9 Å². The summed E-state index contributed by atoms with van der Waals surface area (Å²) in [6.07, 6.45) is 21.6. The molecule has 13 nitrogen and oxygen atoms in total. The summed E-state index contributed by atoms with van der Waals surface area (Å²) in [5.74, 6) is -1.09. The highest BCUT2D eigenvalue weighted by Crippen LogP contribution is 2.47.